The average Bonchev–Trinajstić information content (AvgIpc) is 2.77. The van der Waals surface area contributed by atoms with Crippen LogP contribution in [0, 0.1) is 0 Å². The Bertz CT molecular complexity index is 588. The fourth-order valence-electron chi connectivity index (χ4n) is 6.56. The van der Waals surface area contributed by atoms with Gasteiger partial charge in [-0.05, 0) is 0 Å². The van der Waals surface area contributed by atoms with Crippen LogP contribution in [0.25, 0.3) is 0 Å². The van der Waals surface area contributed by atoms with Crippen LogP contribution in [0.5, 0.6) is 0 Å². The normalized spacial score (nSPS) is 9.53. The largest absolute Gasteiger partial charge is 0.101 e. The lowest BCUT2D eigenvalue weighted by molar-refractivity contribution is 2.29. The van der Waals surface area contributed by atoms with Gasteiger partial charge >= 0.3 is 0 Å². The van der Waals surface area contributed by atoms with Crippen LogP contribution in [0.2, 0.25) is 13.6 Å². The fourth-order valence-corrected chi connectivity index (χ4v) is 6.56. The second-order valence-electron chi connectivity index (χ2n) is 10.8. The van der Waals surface area contributed by atoms with Crippen LogP contribution in [-0.4, -0.2) is 254 Å². The first-order valence-corrected chi connectivity index (χ1v) is 12.8. The molecule has 0 fully saturated rings. The standard InChI is InChI=1S/C2H6B36/c1-22(34(25(7)8)32(21-4)24(5)6)33(38(30(17)18)37(28(13)14)29(15)16)23(2)35(31(19)20-3)36(26(9)10)27(11)12/h1-2H3. The quantitative estimate of drug-likeness (QED) is 0.194. The van der Waals surface area contributed by atoms with Crippen molar-refractivity contribution in [3.63, 3.8) is 0 Å². The lowest BCUT2D eigenvalue weighted by Gasteiger charge is -2.49. The van der Waals surface area contributed by atoms with Crippen molar-refractivity contribution in [1.82, 2.24) is 0 Å². The highest BCUT2D eigenvalue weighted by molar-refractivity contribution is 8.23. The van der Waals surface area contributed by atoms with Gasteiger partial charge in [-0.15, -0.1) is 13.6 Å². The van der Waals surface area contributed by atoms with Crippen molar-refractivity contribution < 1.29 is 0 Å². The third-order valence-corrected chi connectivity index (χ3v) is 8.21. The molecule has 122 valence electrons. The summed E-state index contributed by atoms with van der Waals surface area (Å²) in [6.45, 7) is 2.89. The van der Waals surface area contributed by atoms with Crippen molar-refractivity contribution in [3.8, 4) is 0 Å². The average molecular weight is 419 g/mol. The van der Waals surface area contributed by atoms with Gasteiger partial charge in [-0.1, -0.05) is 0 Å². The monoisotopic (exact) mass is 426 g/mol. The van der Waals surface area contributed by atoms with E-state index < -0.39 is 109 Å². The molecule has 36 radical (unpaired) electrons. The van der Waals surface area contributed by atoms with Gasteiger partial charge in [-0.3, -0.25) is 0 Å². The summed E-state index contributed by atoms with van der Waals surface area (Å²) < 4.78 is 0. The van der Waals surface area contributed by atoms with Gasteiger partial charge in [0.25, 0.3) is 0 Å². The summed E-state index contributed by atoms with van der Waals surface area (Å²) in [4.78, 5) is 0. The van der Waals surface area contributed by atoms with E-state index in [4.69, 9.17) is 132 Å². The second-order valence-corrected chi connectivity index (χ2v) is 10.8. The van der Waals surface area contributed by atoms with Gasteiger partial charge in [0.2, 0.25) is 0 Å². The molecule has 36 heteroatoms. The molecule has 0 aromatic carbocycles. The molecule has 0 aliphatic heterocycles. The summed E-state index contributed by atoms with van der Waals surface area (Å²) in [7, 11) is 108. The molecular formula is C2H6B36. The molecule has 0 unspecified atom stereocenters. The molecule has 0 amide bonds. The fraction of sp³-hybridized carbons (Fsp3) is 1.00. The smallest absolute Gasteiger partial charge is 0.0420 e. The lowest BCUT2D eigenvalue weighted by atomic mass is 8.34. The Morgan fingerprint density at radius 2 is 0.658 bits per heavy atom. The number of hydrogen-bond donors (Lipinski definition) is 0. The molecule has 0 spiro atoms. The zero-order chi connectivity index (χ0) is 30.2. The highest BCUT2D eigenvalue weighted by atomic mass is 13.4. The molecule has 0 rings (SSSR count). The molecule has 0 N–H and O–H groups in total. The third kappa shape index (κ3) is 10.8. The molecule has 0 saturated heterocycles. The minimum Gasteiger partial charge on any atom is -0.101 e. The van der Waals surface area contributed by atoms with E-state index in [1.807, 2.05) is 13.6 Å². The Morgan fingerprint density at radius 3 is 0.921 bits per heavy atom. The molecule has 0 nitrogen and oxygen atoms in total. The minimum atomic E-state index is -1.00. The maximum Gasteiger partial charge on any atom is 0.0420 e. The Balaban J connectivity index is 7.42. The van der Waals surface area contributed by atoms with Crippen LogP contribution < -0.4 is 0 Å². The molecule has 0 bridgehead atoms. The predicted octanol–water partition coefficient (Wildman–Crippen LogP) is -12.5. The molecular weight excluding hydrogens is 413 g/mol. The van der Waals surface area contributed by atoms with Crippen molar-refractivity contribution >= 4 is 254 Å². The first-order chi connectivity index (χ1) is 17.4. The van der Waals surface area contributed by atoms with Crippen molar-refractivity contribution in [1.29, 1.82) is 0 Å². The van der Waals surface area contributed by atoms with Crippen LogP contribution in [0.1, 0.15) is 0 Å². The summed E-state index contributed by atoms with van der Waals surface area (Å²) in [5.41, 5.74) is 0. The van der Waals surface area contributed by atoms with E-state index >= 15 is 0 Å². The summed E-state index contributed by atoms with van der Waals surface area (Å²) >= 11 is 0. The summed E-state index contributed by atoms with van der Waals surface area (Å²) in [6, 6.07) is 0. The minimum absolute atomic E-state index is 0.444. The Labute approximate surface area is 266 Å². The highest BCUT2D eigenvalue weighted by Crippen LogP contribution is 2.16. The van der Waals surface area contributed by atoms with E-state index in [1.54, 1.807) is 0 Å². The first kappa shape index (κ1) is 40.3. The van der Waals surface area contributed by atoms with Gasteiger partial charge in [0, 0.05) is 254 Å². The van der Waals surface area contributed by atoms with E-state index in [9.17, 15) is 0 Å². The van der Waals surface area contributed by atoms with E-state index in [0.717, 1.165) is 0 Å². The van der Waals surface area contributed by atoms with Gasteiger partial charge in [0.05, 0.1) is 0 Å². The zero-order valence-corrected chi connectivity index (χ0v) is 22.8. The van der Waals surface area contributed by atoms with Crippen molar-refractivity contribution in [2.45, 2.75) is 13.6 Å². The molecule has 0 aromatic rings. The number of rotatable bonds is 18. The molecule has 0 aliphatic rings. The maximum atomic E-state index is 6.50. The SMILES string of the molecule is [B][B]B([B])B(B(C)B(B(C)B(B([B])[B])B([B][B])B([B])[B])B(B([B])[B])B(B([B])[B])B([B])[B])B(B([B])[B])B([B])[B]. The Morgan fingerprint density at radius 1 is 0.342 bits per heavy atom. The van der Waals surface area contributed by atoms with Crippen LogP contribution in [-0.2, 0) is 0 Å². The lowest BCUT2D eigenvalue weighted by Crippen LogP contribution is -2.86. The van der Waals surface area contributed by atoms with E-state index in [1.165, 1.54) is 14.1 Å². The topological polar surface area (TPSA) is 0 Å². The zero-order valence-electron chi connectivity index (χ0n) is 22.8. The molecule has 0 heterocycles. The van der Waals surface area contributed by atoms with Crippen molar-refractivity contribution in [2.24, 2.45) is 0 Å². The van der Waals surface area contributed by atoms with Gasteiger partial charge in [-0.2, -0.15) is 0 Å². The van der Waals surface area contributed by atoms with Crippen LogP contribution in [0.15, 0.2) is 0 Å². The summed E-state index contributed by atoms with van der Waals surface area (Å²) in [6.07, 6.45) is -11.9. The van der Waals surface area contributed by atoms with Gasteiger partial charge in [0.15, 0.2) is 0 Å². The molecule has 38 heavy (non-hydrogen) atoms. The van der Waals surface area contributed by atoms with E-state index in [0.29, 0.717) is 0 Å². The molecule has 0 aromatic heterocycles. The van der Waals surface area contributed by atoms with Crippen LogP contribution >= 0.6 is 0 Å². The van der Waals surface area contributed by atoms with Crippen LogP contribution in [0.3, 0.4) is 0 Å². The summed E-state index contributed by atoms with van der Waals surface area (Å²) in [5, 5.41) is 0. The van der Waals surface area contributed by atoms with E-state index in [-0.39, 0.29) is 0 Å². The van der Waals surface area contributed by atoms with Crippen molar-refractivity contribution in [3.05, 3.63) is 0 Å². The molecule has 0 aliphatic carbocycles. The predicted molar refractivity (Wildman–Crippen MR) is 219 cm³/mol. The third-order valence-electron chi connectivity index (χ3n) is 8.21. The van der Waals surface area contributed by atoms with Gasteiger partial charge in [-0.25, -0.2) is 0 Å². The van der Waals surface area contributed by atoms with Gasteiger partial charge in [0.1, 0.15) is 0 Å². The Hall–Kier alpha value is 2.34. The molecule has 0 saturated carbocycles. The first-order valence-electron chi connectivity index (χ1n) is 12.8. The second kappa shape index (κ2) is 18.9. The summed E-state index contributed by atoms with van der Waals surface area (Å²) in [5.74, 6) is 0. The Kier molecular flexibility index (Phi) is 20.0. The van der Waals surface area contributed by atoms with Crippen LogP contribution in [0.4, 0.5) is 0 Å². The van der Waals surface area contributed by atoms with Crippen molar-refractivity contribution in [2.75, 3.05) is 0 Å². The van der Waals surface area contributed by atoms with E-state index in [2.05, 4.69) is 0 Å². The number of hydrogen-bond acceptors (Lipinski definition) is 0. The van der Waals surface area contributed by atoms with Gasteiger partial charge < -0.3 is 0 Å². The molecule has 0 atom stereocenters. The highest BCUT2D eigenvalue weighted by Gasteiger charge is 2.53. The maximum absolute atomic E-state index is 6.50.